The van der Waals surface area contributed by atoms with Gasteiger partial charge < -0.3 is 9.84 Å². The lowest BCUT2D eigenvalue weighted by Gasteiger charge is -2.16. The van der Waals surface area contributed by atoms with Gasteiger partial charge in [-0.2, -0.15) is 0 Å². The van der Waals surface area contributed by atoms with Gasteiger partial charge in [-0.1, -0.05) is 0 Å². The fourth-order valence-corrected chi connectivity index (χ4v) is 0.415. The van der Waals surface area contributed by atoms with E-state index in [0.717, 1.165) is 13.8 Å². The molecule has 0 fully saturated rings. The summed E-state index contributed by atoms with van der Waals surface area (Å²) < 4.78 is 4.46. The Morgan fingerprint density at radius 2 is 2.00 bits per heavy atom. The molecule has 0 aromatic rings. The number of esters is 1. The Kier molecular flexibility index (Phi) is 3.19. The van der Waals surface area contributed by atoms with Crippen LogP contribution in [-0.4, -0.2) is 29.1 Å². The molecule has 0 radical (unpaired) electrons. The first-order valence-electron chi connectivity index (χ1n) is 3.33. The molecule has 0 aliphatic rings. The molecule has 64 valence electrons. The van der Waals surface area contributed by atoms with Crippen molar-refractivity contribution in [3.63, 3.8) is 0 Å². The zero-order valence-corrected chi connectivity index (χ0v) is 6.88. The number of hydrogen-bond acceptors (Lipinski definition) is 4. The number of carbonyl (C=O) groups is 2. The summed E-state index contributed by atoms with van der Waals surface area (Å²) in [5.74, 6) is -1.51. The third-order valence-corrected chi connectivity index (χ3v) is 1.36. The Labute approximate surface area is 65.2 Å². The summed E-state index contributed by atoms with van der Waals surface area (Å²) >= 11 is 0. The zero-order valence-electron chi connectivity index (χ0n) is 6.88. The normalized spacial score (nSPS) is 15.3. The Morgan fingerprint density at radius 1 is 1.55 bits per heavy atom. The second-order valence-corrected chi connectivity index (χ2v) is 2.35. The van der Waals surface area contributed by atoms with Crippen molar-refractivity contribution in [2.75, 3.05) is 6.61 Å². The van der Waals surface area contributed by atoms with Crippen molar-refractivity contribution in [1.82, 2.24) is 0 Å². The van der Waals surface area contributed by atoms with E-state index in [4.69, 9.17) is 5.11 Å². The van der Waals surface area contributed by atoms with Crippen molar-refractivity contribution in [1.29, 1.82) is 0 Å². The molecule has 0 spiro atoms. The molecule has 0 unspecified atom stereocenters. The minimum Gasteiger partial charge on any atom is -0.464 e. The van der Waals surface area contributed by atoms with E-state index >= 15 is 0 Å². The Balaban J connectivity index is 4.30. The van der Waals surface area contributed by atoms with Crippen molar-refractivity contribution in [3.05, 3.63) is 0 Å². The van der Waals surface area contributed by atoms with Gasteiger partial charge in [-0.3, -0.25) is 4.79 Å². The summed E-state index contributed by atoms with van der Waals surface area (Å²) in [4.78, 5) is 21.4. The van der Waals surface area contributed by atoms with Crippen molar-refractivity contribution in [2.24, 2.45) is 0 Å². The summed E-state index contributed by atoms with van der Waals surface area (Å²) in [5, 5.41) is 9.17. The molecule has 0 bridgehead atoms. The third kappa shape index (κ3) is 2.31. The predicted molar refractivity (Wildman–Crippen MR) is 37.9 cm³/mol. The van der Waals surface area contributed by atoms with E-state index in [2.05, 4.69) is 4.74 Å². The van der Waals surface area contributed by atoms with Crippen molar-refractivity contribution in [2.45, 2.75) is 26.4 Å². The number of carbonyl (C=O) groups excluding carboxylic acids is 2. The van der Waals surface area contributed by atoms with E-state index in [1.165, 1.54) is 0 Å². The highest BCUT2D eigenvalue weighted by atomic mass is 16.5. The number of aliphatic hydroxyl groups is 1. The maximum absolute atomic E-state index is 10.8. The first-order chi connectivity index (χ1) is 4.92. The molecule has 4 heteroatoms. The van der Waals surface area contributed by atoms with Gasteiger partial charge in [0.1, 0.15) is 0 Å². The Hall–Kier alpha value is -0.900. The van der Waals surface area contributed by atoms with Gasteiger partial charge >= 0.3 is 5.97 Å². The molecule has 0 amide bonds. The van der Waals surface area contributed by atoms with E-state index < -0.39 is 17.4 Å². The summed E-state index contributed by atoms with van der Waals surface area (Å²) in [6, 6.07) is 0. The van der Waals surface area contributed by atoms with Crippen LogP contribution in [0.1, 0.15) is 20.8 Å². The molecule has 0 rings (SSSR count). The molecular weight excluding hydrogens is 148 g/mol. The van der Waals surface area contributed by atoms with Crippen LogP contribution in [0.4, 0.5) is 0 Å². The lowest BCUT2D eigenvalue weighted by atomic mass is 10.0. The summed E-state index contributed by atoms with van der Waals surface area (Å²) in [6.45, 7) is 4.01. The van der Waals surface area contributed by atoms with Gasteiger partial charge in [-0.05, 0) is 20.8 Å². The molecule has 1 atom stereocenters. The molecule has 1 N–H and O–H groups in total. The van der Waals surface area contributed by atoms with E-state index in [1.807, 2.05) is 0 Å². The largest absolute Gasteiger partial charge is 0.464 e. The van der Waals surface area contributed by atoms with Gasteiger partial charge in [0.15, 0.2) is 5.78 Å². The third-order valence-electron chi connectivity index (χ3n) is 1.36. The molecule has 0 aromatic carbocycles. The molecule has 4 nitrogen and oxygen atoms in total. The molecule has 0 saturated carbocycles. The number of ether oxygens (including phenoxy) is 1. The maximum atomic E-state index is 10.8. The highest BCUT2D eigenvalue weighted by molar-refractivity contribution is 6.05. The molecule has 0 aliphatic heterocycles. The number of Topliss-reactive ketones (excluding diaryl/α,β-unsaturated/α-hetero) is 1. The van der Waals surface area contributed by atoms with Gasteiger partial charge in [0.25, 0.3) is 0 Å². The Morgan fingerprint density at radius 3 is 2.27 bits per heavy atom. The van der Waals surface area contributed by atoms with Crippen LogP contribution >= 0.6 is 0 Å². The number of ketones is 1. The molecule has 0 saturated heterocycles. The van der Waals surface area contributed by atoms with Crippen LogP contribution in [0.5, 0.6) is 0 Å². The minimum absolute atomic E-state index is 0.155. The van der Waals surface area contributed by atoms with Crippen LogP contribution in [0.2, 0.25) is 0 Å². The van der Waals surface area contributed by atoms with Gasteiger partial charge in [-0.25, -0.2) is 4.79 Å². The van der Waals surface area contributed by atoms with Crippen LogP contribution in [-0.2, 0) is 14.3 Å². The van der Waals surface area contributed by atoms with Crippen LogP contribution in [0.15, 0.2) is 0 Å². The van der Waals surface area contributed by atoms with Gasteiger partial charge in [-0.15, -0.1) is 0 Å². The van der Waals surface area contributed by atoms with E-state index in [-0.39, 0.29) is 6.61 Å². The maximum Gasteiger partial charge on any atom is 0.345 e. The van der Waals surface area contributed by atoms with Gasteiger partial charge in [0.2, 0.25) is 5.60 Å². The number of rotatable bonds is 3. The predicted octanol–water partition coefficient (Wildman–Crippen LogP) is -0.111. The molecular formula is C7H12O4. The second kappa shape index (κ2) is 3.48. The van der Waals surface area contributed by atoms with Gasteiger partial charge in [0, 0.05) is 0 Å². The number of hydrogen-bond donors (Lipinski definition) is 1. The van der Waals surface area contributed by atoms with Crippen LogP contribution in [0.25, 0.3) is 0 Å². The average molecular weight is 160 g/mol. The van der Waals surface area contributed by atoms with Crippen molar-refractivity contribution in [3.8, 4) is 0 Å². The van der Waals surface area contributed by atoms with Crippen molar-refractivity contribution < 1.29 is 19.4 Å². The highest BCUT2D eigenvalue weighted by Gasteiger charge is 2.36. The van der Waals surface area contributed by atoms with Crippen LogP contribution in [0.3, 0.4) is 0 Å². The zero-order chi connectivity index (χ0) is 9.07. The summed E-state index contributed by atoms with van der Waals surface area (Å²) in [6.07, 6.45) is 0. The monoisotopic (exact) mass is 160 g/mol. The lowest BCUT2D eigenvalue weighted by molar-refractivity contribution is -0.167. The smallest absolute Gasteiger partial charge is 0.345 e. The fraction of sp³-hybridized carbons (Fsp3) is 0.714. The lowest BCUT2D eigenvalue weighted by Crippen LogP contribution is -2.43. The van der Waals surface area contributed by atoms with Gasteiger partial charge in [0.05, 0.1) is 6.61 Å². The minimum atomic E-state index is -1.99. The standard InChI is InChI=1S/C7H12O4/c1-4-11-6(9)7(3,10)5(2)8/h10H,4H2,1-3H3/t7-/m1/s1. The molecule has 0 aromatic heterocycles. The quantitative estimate of drug-likeness (QED) is 0.462. The first kappa shape index (κ1) is 10.1. The van der Waals surface area contributed by atoms with Crippen molar-refractivity contribution >= 4 is 11.8 Å². The van der Waals surface area contributed by atoms with E-state index in [9.17, 15) is 9.59 Å². The fourth-order valence-electron chi connectivity index (χ4n) is 0.415. The Bertz CT molecular complexity index is 171. The topological polar surface area (TPSA) is 63.6 Å². The van der Waals surface area contributed by atoms with E-state index in [1.54, 1.807) is 6.92 Å². The summed E-state index contributed by atoms with van der Waals surface area (Å²) in [5.41, 5.74) is -1.99. The van der Waals surface area contributed by atoms with E-state index in [0.29, 0.717) is 0 Å². The first-order valence-corrected chi connectivity index (χ1v) is 3.33. The molecule has 0 aliphatic carbocycles. The molecule has 11 heavy (non-hydrogen) atoms. The molecule has 0 heterocycles. The van der Waals surface area contributed by atoms with Crippen LogP contribution in [0, 0.1) is 0 Å². The second-order valence-electron chi connectivity index (χ2n) is 2.35. The average Bonchev–Trinajstić information content (AvgIpc) is 1.88. The summed E-state index contributed by atoms with van der Waals surface area (Å²) in [7, 11) is 0. The van der Waals surface area contributed by atoms with Crippen LogP contribution < -0.4 is 0 Å². The SMILES string of the molecule is CCOC(=O)[C@](C)(O)C(C)=O. The highest BCUT2D eigenvalue weighted by Crippen LogP contribution is 2.06.